The van der Waals surface area contributed by atoms with Gasteiger partial charge < -0.3 is 14.9 Å². The van der Waals surface area contributed by atoms with Crippen molar-refractivity contribution < 1.29 is 28.5 Å². The Balaban J connectivity index is 2.65. The molecule has 20 heavy (non-hydrogen) atoms. The summed E-state index contributed by atoms with van der Waals surface area (Å²) in [6.45, 7) is 0. The van der Waals surface area contributed by atoms with Gasteiger partial charge in [0, 0.05) is 5.56 Å². The summed E-state index contributed by atoms with van der Waals surface area (Å²) in [5.74, 6) is -5.14. The largest absolute Gasteiger partial charge is 0.503 e. The number of hydrogen-bond donors (Lipinski definition) is 2. The number of carboxylic acid groups (broad SMARTS) is 1. The van der Waals surface area contributed by atoms with Crippen molar-refractivity contribution in [1.82, 2.24) is 0 Å². The fraction of sp³-hybridized carbons (Fsp3) is 0.500. The Hall–Kier alpha value is -1.85. The monoisotopic (exact) mass is 286 g/mol. The Bertz CT molecular complexity index is 536. The van der Waals surface area contributed by atoms with Crippen LogP contribution < -0.4 is 4.74 Å². The highest BCUT2D eigenvalue weighted by Gasteiger charge is 2.44. The predicted molar refractivity (Wildman–Crippen MR) is 67.0 cm³/mol. The van der Waals surface area contributed by atoms with Crippen LogP contribution in [-0.4, -0.2) is 23.3 Å². The minimum atomic E-state index is -1.43. The van der Waals surface area contributed by atoms with E-state index in [1.807, 2.05) is 0 Å². The highest BCUT2D eigenvalue weighted by atomic mass is 19.1. The van der Waals surface area contributed by atoms with Crippen LogP contribution in [0.25, 0.3) is 0 Å². The molecule has 2 rings (SSSR count). The fourth-order valence-corrected chi connectivity index (χ4v) is 2.85. The minimum absolute atomic E-state index is 0.208. The van der Waals surface area contributed by atoms with Gasteiger partial charge in [-0.2, -0.15) is 4.39 Å². The first kappa shape index (κ1) is 14.6. The maximum atomic E-state index is 14.2. The first-order valence-corrected chi connectivity index (χ1v) is 6.43. The topological polar surface area (TPSA) is 66.8 Å². The lowest BCUT2D eigenvalue weighted by atomic mass is 9.69. The van der Waals surface area contributed by atoms with Crippen molar-refractivity contribution >= 4 is 5.97 Å². The average molecular weight is 286 g/mol. The Morgan fingerprint density at radius 3 is 2.35 bits per heavy atom. The molecule has 0 unspecified atom stereocenters. The molecule has 1 aromatic carbocycles. The van der Waals surface area contributed by atoms with Crippen molar-refractivity contribution in [2.24, 2.45) is 0 Å². The number of hydrogen-bond acceptors (Lipinski definition) is 3. The molecular formula is C14H16F2O4. The highest BCUT2D eigenvalue weighted by molar-refractivity contribution is 5.82. The molecule has 1 aliphatic carbocycles. The third-order valence-corrected chi connectivity index (χ3v) is 4.00. The normalized spacial score (nSPS) is 17.8. The Morgan fingerprint density at radius 2 is 1.85 bits per heavy atom. The molecule has 1 aromatic rings. The average Bonchev–Trinajstić information content (AvgIpc) is 2.46. The van der Waals surface area contributed by atoms with Gasteiger partial charge in [-0.3, -0.25) is 4.79 Å². The number of carbonyl (C=O) groups is 1. The van der Waals surface area contributed by atoms with Gasteiger partial charge in [0.1, 0.15) is 0 Å². The molecule has 0 atom stereocenters. The van der Waals surface area contributed by atoms with Crippen LogP contribution in [0.15, 0.2) is 6.07 Å². The quantitative estimate of drug-likeness (QED) is 0.896. The molecule has 0 radical (unpaired) electrons. The van der Waals surface area contributed by atoms with Gasteiger partial charge in [0.2, 0.25) is 5.82 Å². The first-order valence-electron chi connectivity index (χ1n) is 6.43. The number of ether oxygens (including phenoxy) is 1. The molecule has 4 nitrogen and oxygen atoms in total. The number of rotatable bonds is 3. The smallest absolute Gasteiger partial charge is 0.314 e. The molecule has 2 N–H and O–H groups in total. The van der Waals surface area contributed by atoms with Crippen molar-refractivity contribution in [2.45, 2.75) is 37.5 Å². The van der Waals surface area contributed by atoms with Crippen molar-refractivity contribution in [3.05, 3.63) is 23.3 Å². The van der Waals surface area contributed by atoms with E-state index in [1.54, 1.807) is 0 Å². The maximum Gasteiger partial charge on any atom is 0.314 e. The van der Waals surface area contributed by atoms with Crippen molar-refractivity contribution in [2.75, 3.05) is 7.11 Å². The van der Waals surface area contributed by atoms with Gasteiger partial charge in [-0.25, -0.2) is 4.39 Å². The van der Waals surface area contributed by atoms with Crippen LogP contribution in [-0.2, 0) is 10.2 Å². The summed E-state index contributed by atoms with van der Waals surface area (Å²) in [5.41, 5.74) is -1.64. The van der Waals surface area contributed by atoms with Crippen LogP contribution >= 0.6 is 0 Å². The number of phenolic OH excluding ortho intramolecular Hbond substituents is 1. The first-order chi connectivity index (χ1) is 9.44. The zero-order valence-electron chi connectivity index (χ0n) is 11.1. The Kier molecular flexibility index (Phi) is 3.83. The summed E-state index contributed by atoms with van der Waals surface area (Å²) in [7, 11) is 1.17. The van der Waals surface area contributed by atoms with Crippen molar-refractivity contribution in [3.8, 4) is 11.5 Å². The van der Waals surface area contributed by atoms with Crippen LogP contribution in [0.3, 0.4) is 0 Å². The van der Waals surface area contributed by atoms with Crippen LogP contribution in [0.2, 0.25) is 0 Å². The number of benzene rings is 1. The van der Waals surface area contributed by atoms with Gasteiger partial charge in [-0.1, -0.05) is 19.3 Å². The molecule has 1 aliphatic rings. The van der Waals surface area contributed by atoms with E-state index in [4.69, 9.17) is 4.74 Å². The lowest BCUT2D eigenvalue weighted by Gasteiger charge is -2.34. The number of phenols is 1. The van der Waals surface area contributed by atoms with Crippen LogP contribution in [0.5, 0.6) is 11.5 Å². The summed E-state index contributed by atoms with van der Waals surface area (Å²) in [6, 6.07) is 1.05. The van der Waals surface area contributed by atoms with E-state index in [1.165, 1.54) is 7.11 Å². The molecule has 0 heterocycles. The Morgan fingerprint density at radius 1 is 1.25 bits per heavy atom. The molecule has 0 amide bonds. The third kappa shape index (κ3) is 2.09. The van der Waals surface area contributed by atoms with Crippen LogP contribution in [0.4, 0.5) is 8.78 Å². The molecule has 0 aromatic heterocycles. The zero-order valence-corrected chi connectivity index (χ0v) is 11.1. The second-order valence-electron chi connectivity index (χ2n) is 5.05. The van der Waals surface area contributed by atoms with E-state index in [0.29, 0.717) is 12.8 Å². The van der Waals surface area contributed by atoms with Gasteiger partial charge in [-0.05, 0) is 18.9 Å². The fourth-order valence-electron chi connectivity index (χ4n) is 2.85. The third-order valence-electron chi connectivity index (χ3n) is 4.00. The molecule has 0 spiro atoms. The van der Waals surface area contributed by atoms with E-state index in [9.17, 15) is 23.8 Å². The van der Waals surface area contributed by atoms with Crippen molar-refractivity contribution in [3.63, 3.8) is 0 Å². The van der Waals surface area contributed by atoms with E-state index in [-0.39, 0.29) is 24.2 Å². The zero-order chi connectivity index (χ0) is 14.9. The molecule has 0 aliphatic heterocycles. The van der Waals surface area contributed by atoms with E-state index in [2.05, 4.69) is 0 Å². The summed E-state index contributed by atoms with van der Waals surface area (Å²) < 4.78 is 32.5. The minimum Gasteiger partial charge on any atom is -0.503 e. The summed E-state index contributed by atoms with van der Waals surface area (Å²) in [5, 5.41) is 19.0. The molecular weight excluding hydrogens is 270 g/mol. The molecule has 0 saturated heterocycles. The lowest BCUT2D eigenvalue weighted by molar-refractivity contribution is -0.145. The van der Waals surface area contributed by atoms with E-state index < -0.39 is 28.8 Å². The van der Waals surface area contributed by atoms with E-state index in [0.717, 1.165) is 12.5 Å². The predicted octanol–water partition coefficient (Wildman–Crippen LogP) is 2.97. The molecule has 1 saturated carbocycles. The van der Waals surface area contributed by atoms with Crippen LogP contribution in [0, 0.1) is 11.6 Å². The lowest BCUT2D eigenvalue weighted by Crippen LogP contribution is -2.38. The number of halogens is 2. The standard InChI is InChI=1S/C14H16F2O4/c1-20-9-7-8(10(15)12(17)11(9)16)14(13(18)19)5-3-2-4-6-14/h7,17H,2-6H2,1H3,(H,18,19). The number of methoxy groups -OCH3 is 1. The molecule has 1 fully saturated rings. The van der Waals surface area contributed by atoms with Gasteiger partial charge >= 0.3 is 5.97 Å². The summed E-state index contributed by atoms with van der Waals surface area (Å²) >= 11 is 0. The summed E-state index contributed by atoms with van der Waals surface area (Å²) in [6.07, 6.45) is 2.68. The van der Waals surface area contributed by atoms with Gasteiger partial charge in [0.05, 0.1) is 12.5 Å². The van der Waals surface area contributed by atoms with E-state index >= 15 is 0 Å². The second kappa shape index (κ2) is 5.26. The van der Waals surface area contributed by atoms with Gasteiger partial charge in [-0.15, -0.1) is 0 Å². The molecule has 0 bridgehead atoms. The number of aliphatic carboxylic acids is 1. The van der Waals surface area contributed by atoms with Crippen LogP contribution in [0.1, 0.15) is 37.7 Å². The van der Waals surface area contributed by atoms with Gasteiger partial charge in [0.25, 0.3) is 0 Å². The van der Waals surface area contributed by atoms with Crippen molar-refractivity contribution in [1.29, 1.82) is 0 Å². The van der Waals surface area contributed by atoms with Gasteiger partial charge in [0.15, 0.2) is 17.3 Å². The number of carboxylic acids is 1. The maximum absolute atomic E-state index is 14.2. The SMILES string of the molecule is COc1cc(C2(C(=O)O)CCCCC2)c(F)c(O)c1F. The Labute approximate surface area is 115 Å². The number of aromatic hydroxyl groups is 1. The molecule has 110 valence electrons. The molecule has 6 heteroatoms. The second-order valence-corrected chi connectivity index (χ2v) is 5.05. The summed E-state index contributed by atoms with van der Waals surface area (Å²) in [4.78, 5) is 11.6. The highest BCUT2D eigenvalue weighted by Crippen LogP contribution is 2.45.